The standard InChI is InChI=1S/C24H24N2O3.C21H22N2O2.C3H3ClO/c1-5-17-13-18(15-26(4)24(17)28)21-14-19(25-23(27)6-2)9-12-22(21)29-20-10-7-16(3)8-11-20;1-4-15-11-16(13-23(3)21(15)24)19-12-17(22)7-10-20(19)25-18-8-5-14(2)6-9-18;1-2-3(4)5/h6-15H,2,5H2,1,3-4H3,(H,25,27);5-13H,4,22H2,1-3H3;2H,1H2. The van der Waals surface area contributed by atoms with E-state index in [0.29, 0.717) is 47.0 Å². The van der Waals surface area contributed by atoms with Crippen LogP contribution in [0.1, 0.15) is 36.1 Å². The van der Waals surface area contributed by atoms with Crippen LogP contribution in [0, 0.1) is 13.8 Å². The first-order valence-electron chi connectivity index (χ1n) is 18.8. The van der Waals surface area contributed by atoms with Gasteiger partial charge in [-0.25, -0.2) is 0 Å². The number of nitrogens with zero attached hydrogens (tertiary/aromatic N) is 2. The first-order valence-corrected chi connectivity index (χ1v) is 19.2. The van der Waals surface area contributed by atoms with Gasteiger partial charge in [-0.2, -0.15) is 0 Å². The van der Waals surface area contributed by atoms with Gasteiger partial charge in [-0.1, -0.05) is 62.4 Å². The van der Waals surface area contributed by atoms with E-state index in [1.807, 2.05) is 125 Å². The smallest absolute Gasteiger partial charge is 0.253 e. The van der Waals surface area contributed by atoms with E-state index in [9.17, 15) is 19.2 Å². The highest BCUT2D eigenvalue weighted by molar-refractivity contribution is 6.66. The van der Waals surface area contributed by atoms with Crippen LogP contribution in [0.4, 0.5) is 11.4 Å². The fraction of sp³-hybridized carbons (Fsp3) is 0.167. The predicted octanol–water partition coefficient (Wildman–Crippen LogP) is 10.1. The number of hydrogen-bond acceptors (Lipinski definition) is 7. The molecule has 0 aliphatic heterocycles. The number of aryl methyl sites for hydroxylation is 6. The number of hydrogen-bond donors (Lipinski definition) is 2. The Labute approximate surface area is 349 Å². The highest BCUT2D eigenvalue weighted by Gasteiger charge is 2.14. The number of carbonyl (C=O) groups is 2. The summed E-state index contributed by atoms with van der Waals surface area (Å²) in [6.45, 7) is 14.5. The lowest BCUT2D eigenvalue weighted by atomic mass is 10.0. The number of nitrogens with two attached hydrogens (primary N) is 1. The number of nitrogens with one attached hydrogen (secondary N) is 1. The average molecular weight is 813 g/mol. The number of carbonyl (C=O) groups excluding carboxylic acids is 2. The van der Waals surface area contributed by atoms with Crippen LogP contribution in [-0.4, -0.2) is 20.3 Å². The van der Waals surface area contributed by atoms with Crippen molar-refractivity contribution in [1.82, 2.24) is 9.13 Å². The summed E-state index contributed by atoms with van der Waals surface area (Å²) in [5.74, 6) is 2.51. The van der Waals surface area contributed by atoms with Gasteiger partial charge in [-0.05, 0) is 123 Å². The number of anilines is 2. The van der Waals surface area contributed by atoms with E-state index in [-0.39, 0.29) is 17.0 Å². The summed E-state index contributed by atoms with van der Waals surface area (Å²) in [5, 5.41) is 2.26. The average Bonchev–Trinajstić information content (AvgIpc) is 3.23. The lowest BCUT2D eigenvalue weighted by Crippen LogP contribution is -2.20. The van der Waals surface area contributed by atoms with Crippen molar-refractivity contribution in [3.8, 4) is 45.3 Å². The molecular weight excluding hydrogens is 764 g/mol. The Bertz CT molecular complexity index is 2570. The predicted molar refractivity (Wildman–Crippen MR) is 240 cm³/mol. The number of aromatic nitrogens is 2. The molecule has 11 heteroatoms. The molecule has 0 fully saturated rings. The van der Waals surface area contributed by atoms with Crippen molar-refractivity contribution in [2.75, 3.05) is 11.1 Å². The number of pyridine rings is 2. The summed E-state index contributed by atoms with van der Waals surface area (Å²) in [7, 11) is 3.49. The summed E-state index contributed by atoms with van der Waals surface area (Å²) < 4.78 is 15.4. The number of allylic oxidation sites excluding steroid dienone is 1. The molecule has 0 spiro atoms. The third kappa shape index (κ3) is 12.5. The molecule has 0 aliphatic rings. The van der Waals surface area contributed by atoms with Crippen LogP contribution < -0.4 is 31.6 Å². The Kier molecular flexibility index (Phi) is 16.0. The van der Waals surface area contributed by atoms with E-state index in [2.05, 4.69) is 18.5 Å². The van der Waals surface area contributed by atoms with Crippen LogP contribution in [0.15, 0.2) is 144 Å². The molecule has 6 aromatic rings. The minimum absolute atomic E-state index is 0.0200. The van der Waals surface area contributed by atoms with Crippen LogP contribution in [0.2, 0.25) is 0 Å². The van der Waals surface area contributed by atoms with Crippen molar-refractivity contribution in [2.24, 2.45) is 14.1 Å². The molecule has 0 aliphatic carbocycles. The SMILES string of the molecule is C=CC(=O)Cl.C=CC(=O)Nc1ccc(Oc2ccc(C)cc2)c(-c2cc(CC)c(=O)n(C)c2)c1.CCc1cc(-c2cc(N)ccc2Oc2ccc(C)cc2)cn(C)c1=O. The van der Waals surface area contributed by atoms with E-state index in [1.165, 1.54) is 11.6 Å². The van der Waals surface area contributed by atoms with Gasteiger partial charge in [0.1, 0.15) is 23.0 Å². The molecule has 1 amide bonds. The minimum Gasteiger partial charge on any atom is -0.457 e. The van der Waals surface area contributed by atoms with Gasteiger partial charge < -0.3 is 29.7 Å². The molecule has 304 valence electrons. The summed E-state index contributed by atoms with van der Waals surface area (Å²) in [6.07, 6.45) is 7.16. The van der Waals surface area contributed by atoms with E-state index >= 15 is 0 Å². The first-order chi connectivity index (χ1) is 28.1. The Morgan fingerprint density at radius 3 is 1.51 bits per heavy atom. The molecule has 0 saturated carbocycles. The van der Waals surface area contributed by atoms with Gasteiger partial charge in [-0.15, -0.1) is 0 Å². The molecule has 4 aromatic carbocycles. The Hall–Kier alpha value is -6.91. The van der Waals surface area contributed by atoms with Crippen molar-refractivity contribution in [3.05, 3.63) is 178 Å². The quantitative estimate of drug-likeness (QED) is 0.0756. The summed E-state index contributed by atoms with van der Waals surface area (Å²) in [4.78, 5) is 45.7. The van der Waals surface area contributed by atoms with Crippen LogP contribution in [0.5, 0.6) is 23.0 Å². The molecule has 0 saturated heterocycles. The zero-order chi connectivity index (χ0) is 43.2. The number of amides is 1. The number of nitrogen functional groups attached to an aromatic ring is 1. The van der Waals surface area contributed by atoms with Crippen molar-refractivity contribution >= 4 is 34.1 Å². The zero-order valence-electron chi connectivity index (χ0n) is 34.2. The van der Waals surface area contributed by atoms with Gasteiger partial charge in [0.25, 0.3) is 11.1 Å². The lowest BCUT2D eigenvalue weighted by molar-refractivity contribution is -0.112. The van der Waals surface area contributed by atoms with Gasteiger partial charge in [-0.3, -0.25) is 19.2 Å². The monoisotopic (exact) mass is 812 g/mol. The molecule has 59 heavy (non-hydrogen) atoms. The zero-order valence-corrected chi connectivity index (χ0v) is 34.9. The van der Waals surface area contributed by atoms with E-state index in [4.69, 9.17) is 26.8 Å². The fourth-order valence-corrected chi connectivity index (χ4v) is 5.81. The summed E-state index contributed by atoms with van der Waals surface area (Å²) >= 11 is 4.71. The van der Waals surface area contributed by atoms with Crippen molar-refractivity contribution in [1.29, 1.82) is 0 Å². The lowest BCUT2D eigenvalue weighted by Gasteiger charge is -2.15. The van der Waals surface area contributed by atoms with Gasteiger partial charge in [0.15, 0.2) is 0 Å². The third-order valence-electron chi connectivity index (χ3n) is 8.99. The maximum absolute atomic E-state index is 12.3. The third-order valence-corrected chi connectivity index (χ3v) is 9.15. The van der Waals surface area contributed by atoms with E-state index in [0.717, 1.165) is 45.2 Å². The summed E-state index contributed by atoms with van der Waals surface area (Å²) in [5.41, 5.74) is 14.5. The topological polar surface area (TPSA) is 135 Å². The molecule has 2 heterocycles. The largest absolute Gasteiger partial charge is 0.457 e. The number of benzene rings is 4. The van der Waals surface area contributed by atoms with Crippen molar-refractivity contribution in [2.45, 2.75) is 40.5 Å². The second kappa shape index (κ2) is 21.0. The molecule has 6 rings (SSSR count). The van der Waals surface area contributed by atoms with Gasteiger partial charge in [0, 0.05) is 71.2 Å². The van der Waals surface area contributed by atoms with E-state index < -0.39 is 5.24 Å². The Morgan fingerprint density at radius 1 is 0.678 bits per heavy atom. The minimum atomic E-state index is -0.509. The molecule has 2 aromatic heterocycles. The summed E-state index contributed by atoms with van der Waals surface area (Å²) in [6, 6.07) is 30.4. The Balaban J connectivity index is 0.000000236. The molecule has 0 radical (unpaired) electrons. The normalized spacial score (nSPS) is 10.2. The van der Waals surface area contributed by atoms with E-state index in [1.54, 1.807) is 35.5 Å². The molecule has 0 unspecified atom stereocenters. The first kappa shape index (κ1) is 44.8. The molecular formula is C48H49ClN4O6. The maximum Gasteiger partial charge on any atom is 0.253 e. The second-order valence-electron chi connectivity index (χ2n) is 13.5. The van der Waals surface area contributed by atoms with Crippen LogP contribution in [0.3, 0.4) is 0 Å². The number of halogens is 1. The Morgan fingerprint density at radius 2 is 1.10 bits per heavy atom. The molecule has 0 atom stereocenters. The van der Waals surface area contributed by atoms with Gasteiger partial charge >= 0.3 is 0 Å². The van der Waals surface area contributed by atoms with Crippen LogP contribution >= 0.6 is 11.6 Å². The highest BCUT2D eigenvalue weighted by atomic mass is 35.5. The van der Waals surface area contributed by atoms with Gasteiger partial charge in [0.2, 0.25) is 11.1 Å². The molecule has 3 N–H and O–H groups in total. The van der Waals surface area contributed by atoms with Crippen LogP contribution in [0.25, 0.3) is 22.3 Å². The second-order valence-corrected chi connectivity index (χ2v) is 13.9. The van der Waals surface area contributed by atoms with Crippen LogP contribution in [-0.2, 0) is 36.5 Å². The highest BCUT2D eigenvalue weighted by Crippen LogP contribution is 2.37. The molecule has 10 nitrogen and oxygen atoms in total. The number of rotatable bonds is 11. The van der Waals surface area contributed by atoms with Gasteiger partial charge in [0.05, 0.1) is 0 Å². The number of ether oxygens (including phenoxy) is 2. The molecule has 0 bridgehead atoms. The van der Waals surface area contributed by atoms with Crippen molar-refractivity contribution < 1.29 is 19.1 Å². The van der Waals surface area contributed by atoms with Crippen molar-refractivity contribution in [3.63, 3.8) is 0 Å². The maximum atomic E-state index is 12.3. The fourth-order valence-electron chi connectivity index (χ4n) is 5.81.